The maximum Gasteiger partial charge on any atom is 0.412 e. The number of hydrogen-bond donors (Lipinski definition) is 2. The number of carbonyl (C=O) groups is 2. The summed E-state index contributed by atoms with van der Waals surface area (Å²) in [6.07, 6.45) is 5.47. The number of ether oxygens (including phenoxy) is 1. The summed E-state index contributed by atoms with van der Waals surface area (Å²) in [5, 5.41) is 6.67. The minimum atomic E-state index is -0.852. The van der Waals surface area contributed by atoms with Crippen molar-refractivity contribution in [2.75, 3.05) is 18.4 Å². The second-order valence-electron chi connectivity index (χ2n) is 12.0. The summed E-state index contributed by atoms with van der Waals surface area (Å²) in [5.74, 6) is -0.867. The Balaban J connectivity index is 1.10. The summed E-state index contributed by atoms with van der Waals surface area (Å²) in [5.41, 5.74) is 4.40. The number of anilines is 1. The minimum Gasteiger partial charge on any atom is -0.438 e. The van der Waals surface area contributed by atoms with Crippen molar-refractivity contribution in [2.24, 2.45) is 0 Å². The quantitative estimate of drug-likeness (QED) is 0.189. The van der Waals surface area contributed by atoms with E-state index in [2.05, 4.69) is 27.4 Å². The lowest BCUT2D eigenvalue weighted by molar-refractivity contribution is -0.123. The third kappa shape index (κ3) is 7.04. The Kier molecular flexibility index (Phi) is 9.59. The zero-order chi connectivity index (χ0) is 32.3. The predicted molar refractivity (Wildman–Crippen MR) is 178 cm³/mol. The van der Waals surface area contributed by atoms with Crippen LogP contribution in [0.2, 0.25) is 10.0 Å². The van der Waals surface area contributed by atoms with Gasteiger partial charge in [-0.2, -0.15) is 0 Å². The normalized spacial score (nSPS) is 17.0. The summed E-state index contributed by atoms with van der Waals surface area (Å²) in [6.45, 7) is 3.88. The second-order valence-corrected chi connectivity index (χ2v) is 12.9. The van der Waals surface area contributed by atoms with Crippen molar-refractivity contribution in [3.63, 3.8) is 0 Å². The number of hydrogen-bond acceptors (Lipinski definition) is 5. The first-order valence-electron chi connectivity index (χ1n) is 15.5. The van der Waals surface area contributed by atoms with Gasteiger partial charge in [0.05, 0.1) is 21.7 Å². The van der Waals surface area contributed by atoms with Crippen molar-refractivity contribution in [1.82, 2.24) is 15.2 Å². The molecule has 1 aromatic heterocycles. The highest BCUT2D eigenvalue weighted by Crippen LogP contribution is 2.44. The standard InChI is InChI=1S/C36H35Cl2FN4O3/c1-23(43-18-14-36(15-19-43)30-21-28(39)8-11-33(30)42-35(45)46-36)2-9-29(27-7-10-31(37)32(38)20-27)34(44)41-22-24-3-5-25(6-4-24)26-12-16-40-17-13-26/h3-8,10-13,16-17,20-21,23,29H,2,9,14-15,18-19,22H2,1H3,(H,41,44)(H,42,45). The van der Waals surface area contributed by atoms with E-state index < -0.39 is 17.6 Å². The first-order chi connectivity index (χ1) is 22.2. The van der Waals surface area contributed by atoms with Gasteiger partial charge in [0.2, 0.25) is 5.91 Å². The van der Waals surface area contributed by atoms with E-state index in [9.17, 15) is 14.0 Å². The number of amides is 2. The molecule has 1 saturated heterocycles. The molecule has 6 rings (SSSR count). The second kappa shape index (κ2) is 13.8. The van der Waals surface area contributed by atoms with Crippen LogP contribution in [0.5, 0.6) is 0 Å². The Morgan fingerprint density at radius 1 is 0.978 bits per heavy atom. The molecule has 1 spiro atoms. The van der Waals surface area contributed by atoms with E-state index in [0.29, 0.717) is 60.2 Å². The number of fused-ring (bicyclic) bond motifs is 2. The number of rotatable bonds is 9. The summed E-state index contributed by atoms with van der Waals surface area (Å²) in [6, 6.07) is 21.9. The molecular formula is C36H35Cl2FN4O3. The summed E-state index contributed by atoms with van der Waals surface area (Å²) in [4.78, 5) is 32.4. The third-order valence-electron chi connectivity index (χ3n) is 9.20. The molecule has 4 aromatic rings. The fraction of sp³-hybridized carbons (Fsp3) is 0.306. The monoisotopic (exact) mass is 660 g/mol. The van der Waals surface area contributed by atoms with Crippen LogP contribution in [0.3, 0.4) is 0 Å². The van der Waals surface area contributed by atoms with E-state index in [4.69, 9.17) is 27.9 Å². The molecule has 238 valence electrons. The molecule has 2 amide bonds. The topological polar surface area (TPSA) is 83.6 Å². The number of pyridine rings is 1. The number of halogens is 3. The Bertz CT molecular complexity index is 1710. The maximum atomic E-state index is 14.2. The van der Waals surface area contributed by atoms with Gasteiger partial charge in [0, 0.05) is 56.5 Å². The summed E-state index contributed by atoms with van der Waals surface area (Å²) >= 11 is 12.6. The first kappa shape index (κ1) is 32.0. The molecule has 2 aliphatic rings. The van der Waals surface area contributed by atoms with Crippen LogP contribution in [0, 0.1) is 5.82 Å². The molecule has 0 aliphatic carbocycles. The zero-order valence-corrected chi connectivity index (χ0v) is 27.0. The number of likely N-dealkylation sites (tertiary alicyclic amines) is 1. The van der Waals surface area contributed by atoms with Gasteiger partial charge in [0.25, 0.3) is 0 Å². The fourth-order valence-corrected chi connectivity index (χ4v) is 6.81. The van der Waals surface area contributed by atoms with Crippen LogP contribution >= 0.6 is 23.2 Å². The van der Waals surface area contributed by atoms with Gasteiger partial charge in [-0.25, -0.2) is 9.18 Å². The van der Waals surface area contributed by atoms with E-state index >= 15 is 0 Å². The molecule has 7 nitrogen and oxygen atoms in total. The molecule has 0 radical (unpaired) electrons. The number of nitrogens with one attached hydrogen (secondary N) is 2. The molecule has 3 aromatic carbocycles. The molecule has 10 heteroatoms. The lowest BCUT2D eigenvalue weighted by Crippen LogP contribution is -2.50. The van der Waals surface area contributed by atoms with Gasteiger partial charge in [0.1, 0.15) is 11.4 Å². The average Bonchev–Trinajstić information content (AvgIpc) is 3.06. The van der Waals surface area contributed by atoms with Gasteiger partial charge < -0.3 is 15.0 Å². The largest absolute Gasteiger partial charge is 0.438 e. The Morgan fingerprint density at radius 2 is 1.70 bits per heavy atom. The minimum absolute atomic E-state index is 0.0818. The van der Waals surface area contributed by atoms with Gasteiger partial charge in [0.15, 0.2) is 0 Å². The molecule has 0 bridgehead atoms. The van der Waals surface area contributed by atoms with Crippen LogP contribution in [-0.4, -0.2) is 41.0 Å². The molecule has 1 fully saturated rings. The molecule has 2 aliphatic heterocycles. The molecule has 2 N–H and O–H groups in total. The number of nitrogens with zero attached hydrogens (tertiary/aromatic N) is 2. The van der Waals surface area contributed by atoms with Crippen LogP contribution in [-0.2, 0) is 21.7 Å². The first-order valence-corrected chi connectivity index (χ1v) is 16.2. The Hall–Kier alpha value is -3.98. The van der Waals surface area contributed by atoms with Crippen molar-refractivity contribution in [3.8, 4) is 11.1 Å². The molecule has 46 heavy (non-hydrogen) atoms. The van der Waals surface area contributed by atoms with Crippen LogP contribution in [0.4, 0.5) is 14.9 Å². The maximum absolute atomic E-state index is 14.2. The van der Waals surface area contributed by atoms with E-state index in [1.54, 1.807) is 30.6 Å². The molecule has 3 heterocycles. The zero-order valence-electron chi connectivity index (χ0n) is 25.4. The number of benzene rings is 3. The number of aromatic nitrogens is 1. The highest BCUT2D eigenvalue weighted by Gasteiger charge is 2.45. The van der Waals surface area contributed by atoms with Crippen molar-refractivity contribution in [2.45, 2.75) is 56.7 Å². The third-order valence-corrected chi connectivity index (χ3v) is 9.94. The molecular weight excluding hydrogens is 626 g/mol. The van der Waals surface area contributed by atoms with Gasteiger partial charge in [-0.05, 0) is 84.5 Å². The number of carbonyl (C=O) groups excluding carboxylic acids is 2. The predicted octanol–water partition coefficient (Wildman–Crippen LogP) is 8.32. The van der Waals surface area contributed by atoms with E-state index in [-0.39, 0.29) is 17.8 Å². The van der Waals surface area contributed by atoms with Gasteiger partial charge >= 0.3 is 6.09 Å². The van der Waals surface area contributed by atoms with Crippen LogP contribution in [0.1, 0.15) is 55.2 Å². The molecule has 2 atom stereocenters. The van der Waals surface area contributed by atoms with Crippen molar-refractivity contribution < 1.29 is 18.7 Å². The lowest BCUT2D eigenvalue weighted by Gasteiger charge is -2.45. The van der Waals surface area contributed by atoms with Crippen molar-refractivity contribution in [3.05, 3.63) is 118 Å². The van der Waals surface area contributed by atoms with E-state index in [0.717, 1.165) is 28.7 Å². The Labute approximate surface area is 278 Å². The van der Waals surface area contributed by atoms with Gasteiger partial charge in [-0.1, -0.05) is 53.5 Å². The van der Waals surface area contributed by atoms with E-state index in [1.807, 2.05) is 42.5 Å². The van der Waals surface area contributed by atoms with Crippen molar-refractivity contribution in [1.29, 1.82) is 0 Å². The summed E-state index contributed by atoms with van der Waals surface area (Å²) in [7, 11) is 0. The lowest BCUT2D eigenvalue weighted by atomic mass is 9.81. The fourth-order valence-electron chi connectivity index (χ4n) is 6.51. The van der Waals surface area contributed by atoms with Crippen molar-refractivity contribution >= 4 is 40.9 Å². The van der Waals surface area contributed by atoms with Gasteiger partial charge in [-0.3, -0.25) is 15.1 Å². The highest BCUT2D eigenvalue weighted by molar-refractivity contribution is 6.42. The Morgan fingerprint density at radius 3 is 2.41 bits per heavy atom. The van der Waals surface area contributed by atoms with Crippen LogP contribution < -0.4 is 10.6 Å². The smallest absolute Gasteiger partial charge is 0.412 e. The number of piperidine rings is 1. The molecule has 2 unspecified atom stereocenters. The van der Waals surface area contributed by atoms with E-state index in [1.165, 1.54) is 12.1 Å². The average molecular weight is 662 g/mol. The summed E-state index contributed by atoms with van der Waals surface area (Å²) < 4.78 is 20.0. The van der Waals surface area contributed by atoms with Crippen LogP contribution in [0.15, 0.2) is 85.2 Å². The SMILES string of the molecule is CC(CCC(C(=O)NCc1ccc(-c2ccncc2)cc1)c1ccc(Cl)c(Cl)c1)N1CCC2(CC1)OC(=O)Nc1ccc(F)cc12. The van der Waals surface area contributed by atoms with Gasteiger partial charge in [-0.15, -0.1) is 0 Å². The molecule has 0 saturated carbocycles. The highest BCUT2D eigenvalue weighted by atomic mass is 35.5. The van der Waals surface area contributed by atoms with Crippen LogP contribution in [0.25, 0.3) is 11.1 Å².